The van der Waals surface area contributed by atoms with Crippen LogP contribution in [0.3, 0.4) is 0 Å². The highest BCUT2D eigenvalue weighted by molar-refractivity contribution is 5.48. The molecular formula is C12H20N6. The zero-order valence-corrected chi connectivity index (χ0v) is 11.1. The quantitative estimate of drug-likeness (QED) is 0.585. The van der Waals surface area contributed by atoms with Crippen LogP contribution in [0.5, 0.6) is 0 Å². The zero-order valence-electron chi connectivity index (χ0n) is 11.1. The second kappa shape index (κ2) is 6.77. The molecule has 0 aliphatic heterocycles. The number of rotatable bonds is 6. The van der Waals surface area contributed by atoms with Crippen molar-refractivity contribution < 1.29 is 0 Å². The van der Waals surface area contributed by atoms with Crippen molar-refractivity contribution in [2.75, 3.05) is 23.4 Å². The van der Waals surface area contributed by atoms with Gasteiger partial charge in [0, 0.05) is 19.2 Å². The molecule has 0 aliphatic rings. The number of nitrogen functional groups attached to an aromatic ring is 1. The van der Waals surface area contributed by atoms with Gasteiger partial charge in [0.05, 0.1) is 12.5 Å². The van der Waals surface area contributed by atoms with Gasteiger partial charge in [0.15, 0.2) is 0 Å². The maximum absolute atomic E-state index is 8.71. The summed E-state index contributed by atoms with van der Waals surface area (Å²) in [5.41, 5.74) is 2.53. The van der Waals surface area contributed by atoms with Gasteiger partial charge in [0.2, 0.25) is 0 Å². The van der Waals surface area contributed by atoms with Crippen molar-refractivity contribution in [2.45, 2.75) is 27.2 Å². The third kappa shape index (κ3) is 4.18. The van der Waals surface area contributed by atoms with Crippen LogP contribution in [0.25, 0.3) is 0 Å². The average molecular weight is 248 g/mol. The molecule has 6 nitrogen and oxygen atoms in total. The van der Waals surface area contributed by atoms with Gasteiger partial charge in [-0.3, -0.25) is 0 Å². The summed E-state index contributed by atoms with van der Waals surface area (Å²) in [5.74, 6) is 7.92. The number of nitriles is 1. The van der Waals surface area contributed by atoms with E-state index in [1.165, 1.54) is 0 Å². The van der Waals surface area contributed by atoms with E-state index in [2.05, 4.69) is 40.2 Å². The lowest BCUT2D eigenvalue weighted by molar-refractivity contribution is 0.607. The van der Waals surface area contributed by atoms with Crippen LogP contribution in [0.15, 0.2) is 6.07 Å². The molecule has 0 aromatic carbocycles. The van der Waals surface area contributed by atoms with Gasteiger partial charge in [-0.25, -0.2) is 15.8 Å². The number of nitrogens with one attached hydrogen (secondary N) is 1. The minimum atomic E-state index is 0.473. The molecule has 0 bridgehead atoms. The van der Waals surface area contributed by atoms with Crippen LogP contribution >= 0.6 is 0 Å². The fraction of sp³-hybridized carbons (Fsp3) is 0.583. The minimum absolute atomic E-state index is 0.473. The second-order valence-electron chi connectivity index (χ2n) is 4.55. The number of nitrogens with zero attached hydrogens (tertiary/aromatic N) is 4. The first-order valence-corrected chi connectivity index (χ1v) is 6.01. The lowest BCUT2D eigenvalue weighted by Crippen LogP contribution is -2.30. The van der Waals surface area contributed by atoms with Crippen LogP contribution in [0.4, 0.5) is 11.6 Å². The first-order chi connectivity index (χ1) is 8.56. The second-order valence-corrected chi connectivity index (χ2v) is 4.55. The lowest BCUT2D eigenvalue weighted by atomic mass is 10.2. The van der Waals surface area contributed by atoms with E-state index in [1.807, 2.05) is 6.92 Å². The Morgan fingerprint density at radius 2 is 2.22 bits per heavy atom. The van der Waals surface area contributed by atoms with E-state index in [4.69, 9.17) is 11.1 Å². The van der Waals surface area contributed by atoms with Crippen molar-refractivity contribution in [2.24, 2.45) is 11.8 Å². The van der Waals surface area contributed by atoms with Crippen LogP contribution in [0, 0.1) is 24.2 Å². The molecule has 0 unspecified atom stereocenters. The fourth-order valence-corrected chi connectivity index (χ4v) is 1.71. The third-order valence-corrected chi connectivity index (χ3v) is 2.38. The van der Waals surface area contributed by atoms with Crippen molar-refractivity contribution in [3.8, 4) is 6.07 Å². The lowest BCUT2D eigenvalue weighted by Gasteiger charge is -2.25. The molecule has 1 aromatic rings. The molecule has 0 spiro atoms. The van der Waals surface area contributed by atoms with Gasteiger partial charge in [-0.1, -0.05) is 13.8 Å². The summed E-state index contributed by atoms with van der Waals surface area (Å²) in [4.78, 5) is 10.6. The Morgan fingerprint density at radius 3 is 2.78 bits per heavy atom. The molecule has 0 radical (unpaired) electrons. The molecule has 6 heteroatoms. The predicted octanol–water partition coefficient (Wildman–Crippen LogP) is 1.45. The molecule has 1 heterocycles. The standard InChI is InChI=1S/C12H20N6/c1-9(2)8-18(6-4-5-13)12-7-11(17-14)15-10(3)16-12/h7,9H,4,6,8,14H2,1-3H3,(H,15,16,17). The van der Waals surface area contributed by atoms with Gasteiger partial charge in [-0.05, 0) is 12.8 Å². The van der Waals surface area contributed by atoms with Crippen molar-refractivity contribution >= 4 is 11.6 Å². The molecule has 0 saturated carbocycles. The highest BCUT2D eigenvalue weighted by Gasteiger charge is 2.11. The van der Waals surface area contributed by atoms with Gasteiger partial charge in [-0.15, -0.1) is 0 Å². The van der Waals surface area contributed by atoms with Gasteiger partial charge in [0.25, 0.3) is 0 Å². The number of aromatic nitrogens is 2. The summed E-state index contributed by atoms with van der Waals surface area (Å²) >= 11 is 0. The van der Waals surface area contributed by atoms with Gasteiger partial charge < -0.3 is 10.3 Å². The van der Waals surface area contributed by atoms with E-state index in [1.54, 1.807) is 6.07 Å². The average Bonchev–Trinajstić information content (AvgIpc) is 2.33. The summed E-state index contributed by atoms with van der Waals surface area (Å²) in [6.45, 7) is 7.60. The topological polar surface area (TPSA) is 90.9 Å². The number of nitrogens with two attached hydrogens (primary N) is 1. The summed E-state index contributed by atoms with van der Waals surface area (Å²) in [7, 11) is 0. The Bertz CT molecular complexity index is 423. The summed E-state index contributed by atoms with van der Waals surface area (Å²) in [6.07, 6.45) is 0.473. The van der Waals surface area contributed by atoms with E-state index in [9.17, 15) is 0 Å². The van der Waals surface area contributed by atoms with Crippen molar-refractivity contribution in [1.29, 1.82) is 5.26 Å². The van der Waals surface area contributed by atoms with Crippen LogP contribution in [-0.4, -0.2) is 23.1 Å². The Kier molecular flexibility index (Phi) is 5.33. The highest BCUT2D eigenvalue weighted by atomic mass is 15.3. The van der Waals surface area contributed by atoms with E-state index in [0.29, 0.717) is 30.5 Å². The molecule has 98 valence electrons. The highest BCUT2D eigenvalue weighted by Crippen LogP contribution is 2.17. The minimum Gasteiger partial charge on any atom is -0.355 e. The third-order valence-electron chi connectivity index (χ3n) is 2.38. The predicted molar refractivity (Wildman–Crippen MR) is 71.9 cm³/mol. The van der Waals surface area contributed by atoms with Gasteiger partial charge >= 0.3 is 0 Å². The van der Waals surface area contributed by atoms with Crippen molar-refractivity contribution in [1.82, 2.24) is 9.97 Å². The Morgan fingerprint density at radius 1 is 1.50 bits per heavy atom. The van der Waals surface area contributed by atoms with Crippen LogP contribution in [0.1, 0.15) is 26.1 Å². The fourth-order valence-electron chi connectivity index (χ4n) is 1.71. The van der Waals surface area contributed by atoms with E-state index in [-0.39, 0.29) is 0 Å². The summed E-state index contributed by atoms with van der Waals surface area (Å²) in [5, 5.41) is 8.71. The number of anilines is 2. The largest absolute Gasteiger partial charge is 0.355 e. The van der Waals surface area contributed by atoms with E-state index in [0.717, 1.165) is 12.4 Å². The first kappa shape index (κ1) is 14.2. The number of hydrazine groups is 1. The van der Waals surface area contributed by atoms with Crippen LogP contribution in [0.2, 0.25) is 0 Å². The molecule has 1 aromatic heterocycles. The molecule has 18 heavy (non-hydrogen) atoms. The Hall–Kier alpha value is -1.87. The normalized spacial score (nSPS) is 10.2. The van der Waals surface area contributed by atoms with Crippen LogP contribution in [-0.2, 0) is 0 Å². The molecular weight excluding hydrogens is 228 g/mol. The van der Waals surface area contributed by atoms with E-state index >= 15 is 0 Å². The zero-order chi connectivity index (χ0) is 13.5. The summed E-state index contributed by atoms with van der Waals surface area (Å²) < 4.78 is 0. The molecule has 0 amide bonds. The van der Waals surface area contributed by atoms with Gasteiger partial charge in [-0.2, -0.15) is 5.26 Å². The number of hydrogen-bond donors (Lipinski definition) is 2. The SMILES string of the molecule is Cc1nc(NN)cc(N(CCC#N)CC(C)C)n1. The summed E-state index contributed by atoms with van der Waals surface area (Å²) in [6, 6.07) is 3.96. The van der Waals surface area contributed by atoms with Crippen LogP contribution < -0.4 is 16.2 Å². The monoisotopic (exact) mass is 248 g/mol. The molecule has 0 aliphatic carbocycles. The Labute approximate surface area is 108 Å². The molecule has 0 saturated heterocycles. The first-order valence-electron chi connectivity index (χ1n) is 6.01. The Balaban J connectivity index is 2.96. The maximum atomic E-state index is 8.71. The molecule has 0 fully saturated rings. The van der Waals surface area contributed by atoms with E-state index < -0.39 is 0 Å². The smallest absolute Gasteiger partial charge is 0.145 e. The van der Waals surface area contributed by atoms with Crippen molar-refractivity contribution in [3.05, 3.63) is 11.9 Å². The number of hydrogen-bond acceptors (Lipinski definition) is 6. The molecule has 0 atom stereocenters. The van der Waals surface area contributed by atoms with Crippen molar-refractivity contribution in [3.63, 3.8) is 0 Å². The molecule has 1 rings (SSSR count). The number of aryl methyl sites for hydroxylation is 1. The van der Waals surface area contributed by atoms with Gasteiger partial charge in [0.1, 0.15) is 17.5 Å². The molecule has 3 N–H and O–H groups in total. The maximum Gasteiger partial charge on any atom is 0.145 e.